The number of hydrogen-bond acceptors (Lipinski definition) is 4. The van der Waals surface area contributed by atoms with Crippen molar-refractivity contribution in [3.8, 4) is 0 Å². The maximum Gasteiger partial charge on any atom is 0.471 e. The van der Waals surface area contributed by atoms with E-state index >= 15 is 0 Å². The SMILES string of the molecule is CC(C)(C)[Si](C)(C)O[C@@H]1CC(=O)C[C@@H](CO)[C@H]1NC(=O)C(F)(F)F. The van der Waals surface area contributed by atoms with Crippen molar-refractivity contribution in [2.45, 2.75) is 70.1 Å². The first kappa shape index (κ1) is 21.1. The number of Topliss-reactive ketones (excluding diaryl/α,β-unsaturated/α-hetero) is 1. The van der Waals surface area contributed by atoms with E-state index < -0.39 is 45.1 Å². The highest BCUT2D eigenvalue weighted by Gasteiger charge is 2.48. The van der Waals surface area contributed by atoms with Crippen molar-refractivity contribution in [1.29, 1.82) is 0 Å². The Morgan fingerprint density at radius 1 is 1.29 bits per heavy atom. The highest BCUT2D eigenvalue weighted by Crippen LogP contribution is 2.39. The van der Waals surface area contributed by atoms with Gasteiger partial charge >= 0.3 is 12.1 Å². The summed E-state index contributed by atoms with van der Waals surface area (Å²) in [7, 11) is -2.37. The molecule has 140 valence electrons. The van der Waals surface area contributed by atoms with Crippen LogP contribution in [0.2, 0.25) is 18.1 Å². The van der Waals surface area contributed by atoms with Crippen molar-refractivity contribution >= 4 is 20.0 Å². The molecule has 1 rings (SSSR count). The quantitative estimate of drug-likeness (QED) is 0.746. The predicted octanol–water partition coefficient (Wildman–Crippen LogP) is 2.40. The summed E-state index contributed by atoms with van der Waals surface area (Å²) in [5.41, 5.74) is 0. The van der Waals surface area contributed by atoms with Crippen molar-refractivity contribution in [3.63, 3.8) is 0 Å². The van der Waals surface area contributed by atoms with Gasteiger partial charge in [0.2, 0.25) is 0 Å². The van der Waals surface area contributed by atoms with E-state index in [4.69, 9.17) is 4.43 Å². The number of nitrogens with one attached hydrogen (secondary N) is 1. The van der Waals surface area contributed by atoms with Gasteiger partial charge in [0.1, 0.15) is 5.78 Å². The minimum atomic E-state index is -5.02. The van der Waals surface area contributed by atoms with Gasteiger partial charge in [0.05, 0.1) is 12.1 Å². The lowest BCUT2D eigenvalue weighted by Gasteiger charge is -2.44. The summed E-state index contributed by atoms with van der Waals surface area (Å²) in [6, 6.07) is -1.05. The number of aliphatic hydroxyl groups excluding tert-OH is 1. The van der Waals surface area contributed by atoms with E-state index in [9.17, 15) is 27.9 Å². The van der Waals surface area contributed by atoms with Crippen LogP contribution in [-0.2, 0) is 14.0 Å². The van der Waals surface area contributed by atoms with Gasteiger partial charge in [-0.1, -0.05) is 20.8 Å². The zero-order chi connectivity index (χ0) is 18.9. The number of carbonyl (C=O) groups is 2. The van der Waals surface area contributed by atoms with Gasteiger partial charge in [-0.15, -0.1) is 0 Å². The molecule has 24 heavy (non-hydrogen) atoms. The van der Waals surface area contributed by atoms with E-state index in [0.29, 0.717) is 0 Å². The second kappa shape index (κ2) is 7.13. The van der Waals surface area contributed by atoms with Crippen molar-refractivity contribution in [3.05, 3.63) is 0 Å². The summed E-state index contributed by atoms with van der Waals surface area (Å²) in [5, 5.41) is 11.2. The molecule has 0 bridgehead atoms. The van der Waals surface area contributed by atoms with Crippen molar-refractivity contribution in [2.24, 2.45) is 5.92 Å². The van der Waals surface area contributed by atoms with Crippen LogP contribution in [0.1, 0.15) is 33.6 Å². The Morgan fingerprint density at radius 3 is 2.25 bits per heavy atom. The topological polar surface area (TPSA) is 75.6 Å². The molecular formula is C15H26F3NO4Si. The fourth-order valence-electron chi connectivity index (χ4n) is 2.45. The zero-order valence-electron chi connectivity index (χ0n) is 14.7. The molecule has 0 heterocycles. The Bertz CT molecular complexity index is 488. The molecule has 2 N–H and O–H groups in total. The Kier molecular flexibility index (Phi) is 6.27. The molecule has 1 fully saturated rings. The van der Waals surface area contributed by atoms with E-state index in [1.807, 2.05) is 39.2 Å². The standard InChI is InChI=1S/C15H26F3NO4Si/c1-14(2,3)24(4,5)23-11-7-10(21)6-9(8-20)12(11)19-13(22)15(16,17)18/h9,11-12,20H,6-8H2,1-5H3,(H,19,22)/t9-,11+,12+/m0/s1. The lowest BCUT2D eigenvalue weighted by molar-refractivity contribution is -0.176. The number of alkyl halides is 3. The summed E-state index contributed by atoms with van der Waals surface area (Å²) in [6.45, 7) is 9.25. The summed E-state index contributed by atoms with van der Waals surface area (Å²) in [4.78, 5) is 23.2. The normalized spacial score (nSPS) is 26.4. The predicted molar refractivity (Wildman–Crippen MR) is 84.9 cm³/mol. The summed E-state index contributed by atoms with van der Waals surface area (Å²) in [5.74, 6) is -3.05. The molecule has 0 spiro atoms. The lowest BCUT2D eigenvalue weighted by Crippen LogP contribution is -2.59. The molecule has 1 amide bonds. The summed E-state index contributed by atoms with van der Waals surface area (Å²) < 4.78 is 43.9. The molecule has 0 aromatic rings. The Labute approximate surface area is 141 Å². The molecule has 0 radical (unpaired) electrons. The van der Waals surface area contributed by atoms with E-state index in [0.717, 1.165) is 0 Å². The van der Waals surface area contributed by atoms with Crippen molar-refractivity contribution < 1.29 is 32.3 Å². The van der Waals surface area contributed by atoms with Crippen LogP contribution in [0.15, 0.2) is 0 Å². The maximum absolute atomic E-state index is 12.6. The fraction of sp³-hybridized carbons (Fsp3) is 0.867. The van der Waals surface area contributed by atoms with Crippen LogP contribution in [0.3, 0.4) is 0 Å². The Balaban J connectivity index is 3.06. The van der Waals surface area contributed by atoms with Crippen LogP contribution in [0.5, 0.6) is 0 Å². The minimum Gasteiger partial charge on any atom is -0.411 e. The molecule has 5 nitrogen and oxygen atoms in total. The van der Waals surface area contributed by atoms with Gasteiger partial charge < -0.3 is 14.8 Å². The maximum atomic E-state index is 12.6. The summed E-state index contributed by atoms with van der Waals surface area (Å²) >= 11 is 0. The molecule has 1 aliphatic rings. The van der Waals surface area contributed by atoms with Gasteiger partial charge in [-0.05, 0) is 18.1 Å². The Morgan fingerprint density at radius 2 is 1.83 bits per heavy atom. The average molecular weight is 369 g/mol. The molecule has 1 aliphatic carbocycles. The van der Waals surface area contributed by atoms with Crippen molar-refractivity contribution in [2.75, 3.05) is 6.61 Å². The van der Waals surface area contributed by atoms with Crippen molar-refractivity contribution in [1.82, 2.24) is 5.32 Å². The smallest absolute Gasteiger partial charge is 0.411 e. The fourth-order valence-corrected chi connectivity index (χ4v) is 3.79. The van der Waals surface area contributed by atoms with Gasteiger partial charge in [0.15, 0.2) is 8.32 Å². The number of halogens is 3. The molecule has 0 aromatic heterocycles. The minimum absolute atomic E-state index is 0.0637. The third kappa shape index (κ3) is 5.03. The molecule has 0 unspecified atom stereocenters. The van der Waals surface area contributed by atoms with Gasteiger partial charge in [-0.25, -0.2) is 0 Å². The van der Waals surface area contributed by atoms with E-state index in [1.165, 1.54) is 0 Å². The molecule has 9 heteroatoms. The molecule has 0 aromatic carbocycles. The Hall–Kier alpha value is -0.933. The van der Waals surface area contributed by atoms with Gasteiger partial charge in [0.25, 0.3) is 0 Å². The van der Waals surface area contributed by atoms with Gasteiger partial charge in [-0.3, -0.25) is 9.59 Å². The zero-order valence-corrected chi connectivity index (χ0v) is 15.7. The number of amides is 1. The van der Waals surface area contributed by atoms with Crippen LogP contribution < -0.4 is 5.32 Å². The third-order valence-corrected chi connectivity index (χ3v) is 9.37. The number of carbonyl (C=O) groups excluding carboxylic acids is 2. The monoisotopic (exact) mass is 369 g/mol. The van der Waals surface area contributed by atoms with Crippen LogP contribution in [0, 0.1) is 5.92 Å². The third-order valence-electron chi connectivity index (χ3n) is 4.87. The van der Waals surface area contributed by atoms with Gasteiger partial charge in [0, 0.05) is 25.4 Å². The number of aliphatic hydroxyl groups is 1. The molecular weight excluding hydrogens is 343 g/mol. The molecule has 0 aliphatic heterocycles. The largest absolute Gasteiger partial charge is 0.471 e. The molecule has 0 saturated heterocycles. The van der Waals surface area contributed by atoms with Crippen LogP contribution >= 0.6 is 0 Å². The highest BCUT2D eigenvalue weighted by molar-refractivity contribution is 6.74. The highest BCUT2D eigenvalue weighted by atomic mass is 28.4. The second-order valence-electron chi connectivity index (χ2n) is 7.80. The average Bonchev–Trinajstić information content (AvgIpc) is 2.38. The lowest BCUT2D eigenvalue weighted by atomic mass is 9.82. The molecule has 1 saturated carbocycles. The van der Waals surface area contributed by atoms with E-state index in [1.54, 1.807) is 0 Å². The number of ketones is 1. The first-order valence-corrected chi connectivity index (χ1v) is 10.8. The molecule has 3 atom stereocenters. The van der Waals surface area contributed by atoms with E-state index in [2.05, 4.69) is 0 Å². The second-order valence-corrected chi connectivity index (χ2v) is 12.6. The first-order chi connectivity index (χ1) is 10.7. The van der Waals surface area contributed by atoms with Crippen LogP contribution in [0.4, 0.5) is 13.2 Å². The van der Waals surface area contributed by atoms with Crippen LogP contribution in [0.25, 0.3) is 0 Å². The number of rotatable bonds is 4. The van der Waals surface area contributed by atoms with E-state index in [-0.39, 0.29) is 23.7 Å². The first-order valence-electron chi connectivity index (χ1n) is 7.87. The number of hydrogen-bond donors (Lipinski definition) is 2. The van der Waals surface area contributed by atoms with Crippen LogP contribution in [-0.4, -0.2) is 50.0 Å². The summed E-state index contributed by atoms with van der Waals surface area (Å²) in [6.07, 6.45) is -6.03. The van der Waals surface area contributed by atoms with Gasteiger partial charge in [-0.2, -0.15) is 13.2 Å².